The molecule has 7 nitrogen and oxygen atoms in total. The summed E-state index contributed by atoms with van der Waals surface area (Å²) in [7, 11) is 1.64. The van der Waals surface area contributed by atoms with Gasteiger partial charge in [-0.15, -0.1) is 0 Å². The molecule has 3 heterocycles. The number of nitrogens with one attached hydrogen (secondary N) is 2. The molecule has 2 aromatic carbocycles. The highest BCUT2D eigenvalue weighted by Crippen LogP contribution is 2.39. The molecule has 1 fully saturated rings. The van der Waals surface area contributed by atoms with Crippen molar-refractivity contribution >= 4 is 28.9 Å². The molecule has 2 aromatic heterocycles. The molecule has 1 saturated heterocycles. The maximum absolute atomic E-state index is 13.2. The maximum Gasteiger partial charge on any atom is 0.226 e. The number of aromatic nitrogens is 2. The topological polar surface area (TPSA) is 71.4 Å². The molecule has 0 bridgehead atoms. The van der Waals surface area contributed by atoms with Crippen molar-refractivity contribution in [3.05, 3.63) is 108 Å². The first-order chi connectivity index (χ1) is 18.0. The number of carbonyl (C=O) groups is 1. The van der Waals surface area contributed by atoms with Gasteiger partial charge in [-0.25, -0.2) is 4.39 Å². The van der Waals surface area contributed by atoms with Crippen LogP contribution < -0.4 is 15.4 Å². The summed E-state index contributed by atoms with van der Waals surface area (Å²) in [5, 5.41) is 6.80. The summed E-state index contributed by atoms with van der Waals surface area (Å²) in [6.07, 6.45) is 3.97. The van der Waals surface area contributed by atoms with E-state index >= 15 is 0 Å². The third-order valence-electron chi connectivity index (χ3n) is 6.34. The van der Waals surface area contributed by atoms with Gasteiger partial charge in [0.25, 0.3) is 0 Å². The molecule has 5 rings (SSSR count). The number of nitrogens with zero attached hydrogens (tertiary/aromatic N) is 3. The van der Waals surface area contributed by atoms with E-state index in [1.807, 2.05) is 59.6 Å². The summed E-state index contributed by atoms with van der Waals surface area (Å²) < 4.78 is 20.6. The Hall–Kier alpha value is -4.24. The van der Waals surface area contributed by atoms with Crippen LogP contribution in [-0.4, -0.2) is 39.1 Å². The van der Waals surface area contributed by atoms with E-state index in [4.69, 9.17) is 17.0 Å². The van der Waals surface area contributed by atoms with E-state index in [9.17, 15) is 9.18 Å². The van der Waals surface area contributed by atoms with Gasteiger partial charge in [-0.2, -0.15) is 0 Å². The number of hydrogen-bond donors (Lipinski definition) is 2. The lowest BCUT2D eigenvalue weighted by atomic mass is 10.0. The van der Waals surface area contributed by atoms with Crippen LogP contribution in [0.4, 0.5) is 10.1 Å². The highest BCUT2D eigenvalue weighted by atomic mass is 32.1. The van der Waals surface area contributed by atoms with Gasteiger partial charge in [-0.1, -0.05) is 6.07 Å². The first-order valence-corrected chi connectivity index (χ1v) is 12.3. The van der Waals surface area contributed by atoms with Crippen molar-refractivity contribution in [2.24, 2.45) is 0 Å². The number of anilines is 1. The third kappa shape index (κ3) is 5.31. The van der Waals surface area contributed by atoms with Crippen LogP contribution in [0.5, 0.6) is 5.75 Å². The Balaban J connectivity index is 1.43. The van der Waals surface area contributed by atoms with Gasteiger partial charge < -0.3 is 24.8 Å². The predicted molar refractivity (Wildman–Crippen MR) is 144 cm³/mol. The fraction of sp³-hybridized carbons (Fsp3) is 0.179. The van der Waals surface area contributed by atoms with Crippen LogP contribution in [0.2, 0.25) is 0 Å². The van der Waals surface area contributed by atoms with Gasteiger partial charge in [0.15, 0.2) is 5.11 Å². The van der Waals surface area contributed by atoms with E-state index in [-0.39, 0.29) is 30.2 Å². The van der Waals surface area contributed by atoms with E-state index in [1.54, 1.807) is 13.3 Å². The number of thiocarbonyl (C=S) groups is 1. The zero-order chi connectivity index (χ0) is 25.8. The van der Waals surface area contributed by atoms with Crippen molar-refractivity contribution in [1.29, 1.82) is 0 Å². The van der Waals surface area contributed by atoms with Crippen LogP contribution in [0.1, 0.15) is 29.9 Å². The molecule has 0 radical (unpaired) electrons. The highest BCUT2D eigenvalue weighted by molar-refractivity contribution is 7.80. The molecule has 1 aliphatic rings. The second kappa shape index (κ2) is 10.8. The van der Waals surface area contributed by atoms with Crippen molar-refractivity contribution in [3.8, 4) is 11.4 Å². The fourth-order valence-corrected chi connectivity index (χ4v) is 4.89. The Kier molecular flexibility index (Phi) is 7.14. The number of methoxy groups -OCH3 is 1. The largest absolute Gasteiger partial charge is 0.497 e. The van der Waals surface area contributed by atoms with Crippen LogP contribution in [0.15, 0.2) is 91.3 Å². The van der Waals surface area contributed by atoms with Crippen LogP contribution in [0.3, 0.4) is 0 Å². The molecule has 0 unspecified atom stereocenters. The first-order valence-electron chi connectivity index (χ1n) is 11.9. The number of halogens is 1. The first kappa shape index (κ1) is 24.5. The van der Waals surface area contributed by atoms with Gasteiger partial charge in [-0.05, 0) is 85.0 Å². The molecule has 4 aromatic rings. The van der Waals surface area contributed by atoms with E-state index in [0.717, 1.165) is 22.8 Å². The van der Waals surface area contributed by atoms with Gasteiger partial charge >= 0.3 is 0 Å². The SMILES string of the molecule is COc1ccc(-n2cccc2[C@@H]2[C@@H](c3ccccn3)NC(=S)N2CCC(=O)Nc2ccc(F)cc2)cc1. The summed E-state index contributed by atoms with van der Waals surface area (Å²) in [6, 6.07) is 23.0. The number of benzene rings is 2. The van der Waals surface area contributed by atoms with Gasteiger partial charge in [0, 0.05) is 42.4 Å². The molecule has 9 heteroatoms. The van der Waals surface area contributed by atoms with Crippen LogP contribution in [0, 0.1) is 5.82 Å². The Morgan fingerprint density at radius 2 is 1.86 bits per heavy atom. The summed E-state index contributed by atoms with van der Waals surface area (Å²) in [5.74, 6) is 0.246. The molecular weight excluding hydrogens is 489 g/mol. The predicted octanol–water partition coefficient (Wildman–Crippen LogP) is 5.02. The average molecular weight is 516 g/mol. The summed E-state index contributed by atoms with van der Waals surface area (Å²) in [4.78, 5) is 19.4. The number of amides is 1. The number of ether oxygens (including phenoxy) is 1. The Morgan fingerprint density at radius 1 is 1.08 bits per heavy atom. The van der Waals surface area contributed by atoms with Crippen LogP contribution >= 0.6 is 12.2 Å². The highest BCUT2D eigenvalue weighted by Gasteiger charge is 2.41. The minimum Gasteiger partial charge on any atom is -0.497 e. The number of pyridine rings is 1. The van der Waals surface area contributed by atoms with Gasteiger partial charge in [0.05, 0.1) is 24.9 Å². The molecule has 1 aliphatic heterocycles. The minimum absolute atomic E-state index is 0.181. The Labute approximate surface area is 219 Å². The summed E-state index contributed by atoms with van der Waals surface area (Å²) in [5.41, 5.74) is 3.39. The number of hydrogen-bond acceptors (Lipinski definition) is 4. The molecule has 1 amide bonds. The normalized spacial score (nSPS) is 16.9. The molecule has 0 aliphatic carbocycles. The van der Waals surface area contributed by atoms with Crippen molar-refractivity contribution < 1.29 is 13.9 Å². The van der Waals surface area contributed by atoms with Gasteiger partial charge in [0.1, 0.15) is 11.6 Å². The number of rotatable bonds is 8. The second-order valence-electron chi connectivity index (χ2n) is 8.63. The molecule has 0 saturated carbocycles. The lowest BCUT2D eigenvalue weighted by Crippen LogP contribution is -2.33. The van der Waals surface area contributed by atoms with Crippen molar-refractivity contribution in [2.45, 2.75) is 18.5 Å². The van der Waals surface area contributed by atoms with E-state index in [2.05, 4.69) is 26.3 Å². The molecule has 2 N–H and O–H groups in total. The zero-order valence-corrected chi connectivity index (χ0v) is 21.0. The zero-order valence-electron chi connectivity index (χ0n) is 20.2. The molecular formula is C28H26FN5O2S. The van der Waals surface area contributed by atoms with Crippen molar-refractivity contribution in [2.75, 3.05) is 19.0 Å². The third-order valence-corrected chi connectivity index (χ3v) is 6.69. The second-order valence-corrected chi connectivity index (χ2v) is 9.01. The van der Waals surface area contributed by atoms with Gasteiger partial charge in [0.2, 0.25) is 5.91 Å². The van der Waals surface area contributed by atoms with Crippen LogP contribution in [-0.2, 0) is 4.79 Å². The Bertz CT molecular complexity index is 1380. The number of carbonyl (C=O) groups excluding carboxylic acids is 1. The van der Waals surface area contributed by atoms with Gasteiger partial charge in [-0.3, -0.25) is 9.78 Å². The fourth-order valence-electron chi connectivity index (χ4n) is 4.56. The molecule has 0 spiro atoms. The van der Waals surface area contributed by atoms with E-state index in [0.29, 0.717) is 17.3 Å². The molecule has 2 atom stereocenters. The van der Waals surface area contributed by atoms with Crippen molar-refractivity contribution in [1.82, 2.24) is 19.8 Å². The lowest BCUT2D eigenvalue weighted by Gasteiger charge is -2.29. The van der Waals surface area contributed by atoms with Crippen LogP contribution in [0.25, 0.3) is 5.69 Å². The Morgan fingerprint density at radius 3 is 2.57 bits per heavy atom. The summed E-state index contributed by atoms with van der Waals surface area (Å²) >= 11 is 5.75. The summed E-state index contributed by atoms with van der Waals surface area (Å²) in [6.45, 7) is 0.390. The smallest absolute Gasteiger partial charge is 0.226 e. The molecule has 188 valence electrons. The van der Waals surface area contributed by atoms with E-state index in [1.165, 1.54) is 24.3 Å². The van der Waals surface area contributed by atoms with E-state index < -0.39 is 0 Å². The minimum atomic E-state index is -0.352. The monoisotopic (exact) mass is 515 g/mol. The quantitative estimate of drug-likeness (QED) is 0.321. The maximum atomic E-state index is 13.2. The van der Waals surface area contributed by atoms with Crippen molar-refractivity contribution in [3.63, 3.8) is 0 Å². The molecule has 37 heavy (non-hydrogen) atoms. The lowest BCUT2D eigenvalue weighted by molar-refractivity contribution is -0.116. The average Bonchev–Trinajstić information content (AvgIpc) is 3.53. The standard InChI is InChI=1S/C28H26FN5O2S/c1-36-22-13-11-21(12-14-22)33-17-4-6-24(33)27-26(23-5-2-3-16-30-23)32-28(37)34(27)18-15-25(35)31-20-9-7-19(29)8-10-20/h2-14,16-17,26-27H,15,18H2,1H3,(H,31,35)(H,32,37)/t26-,27-/m1/s1.